The van der Waals surface area contributed by atoms with Gasteiger partial charge in [0, 0.05) is 10.8 Å². The second-order valence-electron chi connectivity index (χ2n) is 11.8. The molecule has 0 bridgehead atoms. The molecule has 0 unspecified atom stereocenters. The molecular formula is C46H28O. The van der Waals surface area contributed by atoms with Crippen LogP contribution in [0.25, 0.3) is 98.4 Å². The van der Waals surface area contributed by atoms with E-state index in [0.717, 1.165) is 54.6 Å². The lowest BCUT2D eigenvalue weighted by Gasteiger charge is -2.20. The highest BCUT2D eigenvalue weighted by Crippen LogP contribution is 2.47. The first-order valence-electron chi connectivity index (χ1n) is 19.5. The number of furan rings is 1. The lowest BCUT2D eigenvalue weighted by molar-refractivity contribution is 0.669. The molecule has 0 N–H and O–H groups in total. The monoisotopic (exact) mass is 604 g/mol. The van der Waals surface area contributed by atoms with Crippen molar-refractivity contribution >= 4 is 65.0 Å². The zero-order valence-electron chi connectivity index (χ0n) is 33.0. The van der Waals surface area contributed by atoms with Gasteiger partial charge in [-0.1, -0.05) is 151 Å². The summed E-state index contributed by atoms with van der Waals surface area (Å²) >= 11 is 0. The molecule has 0 aliphatic carbocycles. The summed E-state index contributed by atoms with van der Waals surface area (Å²) in [5, 5.41) is 6.06. The number of fused-ring (bicyclic) bond motifs is 7. The number of para-hydroxylation sites is 1. The first kappa shape index (κ1) is 19.4. The van der Waals surface area contributed by atoms with E-state index in [0.29, 0.717) is 22.3 Å². The third-order valence-corrected chi connectivity index (χ3v) is 9.32. The van der Waals surface area contributed by atoms with Crippen LogP contribution >= 0.6 is 0 Å². The summed E-state index contributed by atoms with van der Waals surface area (Å²) < 4.78 is 79.3. The molecule has 218 valence electrons. The van der Waals surface area contributed by atoms with Gasteiger partial charge in [-0.15, -0.1) is 0 Å². The number of hydrogen-bond donors (Lipinski definition) is 0. The van der Waals surface area contributed by atoms with Crippen LogP contribution in [0.3, 0.4) is 0 Å². The average Bonchev–Trinajstić information content (AvgIpc) is 3.60. The van der Waals surface area contributed by atoms with Crippen molar-refractivity contribution in [3.05, 3.63) is 170 Å². The summed E-state index contributed by atoms with van der Waals surface area (Å²) in [5.41, 5.74) is 5.31. The summed E-state index contributed by atoms with van der Waals surface area (Å²) in [4.78, 5) is 0. The third-order valence-electron chi connectivity index (χ3n) is 9.32. The van der Waals surface area contributed by atoms with E-state index in [9.17, 15) is 5.48 Å². The Labute approximate surface area is 283 Å². The minimum Gasteiger partial charge on any atom is -0.456 e. The van der Waals surface area contributed by atoms with Crippen LogP contribution in [0.1, 0.15) is 11.0 Å². The fourth-order valence-electron chi connectivity index (χ4n) is 7.27. The van der Waals surface area contributed by atoms with Gasteiger partial charge in [-0.2, -0.15) is 0 Å². The van der Waals surface area contributed by atoms with Crippen molar-refractivity contribution in [1.82, 2.24) is 0 Å². The molecule has 0 aliphatic heterocycles. The highest BCUT2D eigenvalue weighted by Gasteiger charge is 2.20. The predicted molar refractivity (Wildman–Crippen MR) is 200 cm³/mol. The van der Waals surface area contributed by atoms with E-state index in [2.05, 4.69) is 6.07 Å². The van der Waals surface area contributed by atoms with Gasteiger partial charge in [0.2, 0.25) is 0 Å². The Morgan fingerprint density at radius 1 is 0.362 bits per heavy atom. The maximum atomic E-state index is 9.45. The summed E-state index contributed by atoms with van der Waals surface area (Å²) in [7, 11) is 0. The van der Waals surface area contributed by atoms with Crippen LogP contribution in [0.4, 0.5) is 0 Å². The standard InChI is InChI=1S/C46H28O/c1-2-14-31-29(12-1)13-11-22-36(31)45-37-18-5-7-20-39(37)46(40-21-8-6-19-38(40)45)41-26-25-32(33-15-3-4-16-34(33)41)30-24-27-44-42(28-30)35-17-9-10-23-43(35)47-44/h1-28H/i5D,6D,7D,8D,18D,19D,20D,21D. The highest BCUT2D eigenvalue weighted by molar-refractivity contribution is 6.25. The molecule has 0 amide bonds. The van der Waals surface area contributed by atoms with Gasteiger partial charge < -0.3 is 4.42 Å². The minimum absolute atomic E-state index is 0.190. The smallest absolute Gasteiger partial charge is 0.135 e. The van der Waals surface area contributed by atoms with Gasteiger partial charge >= 0.3 is 0 Å². The maximum absolute atomic E-state index is 9.45. The fourth-order valence-corrected chi connectivity index (χ4v) is 7.27. The molecule has 0 fully saturated rings. The number of rotatable bonds is 3. The maximum Gasteiger partial charge on any atom is 0.135 e. The molecule has 47 heavy (non-hydrogen) atoms. The van der Waals surface area contributed by atoms with Crippen LogP contribution in [-0.2, 0) is 0 Å². The molecule has 0 atom stereocenters. The second kappa shape index (κ2) is 10.2. The van der Waals surface area contributed by atoms with Gasteiger partial charge in [-0.05, 0) is 94.7 Å². The lowest BCUT2D eigenvalue weighted by atomic mass is 9.83. The zero-order valence-corrected chi connectivity index (χ0v) is 25.0. The first-order valence-corrected chi connectivity index (χ1v) is 15.5. The molecule has 1 heteroatoms. The highest BCUT2D eigenvalue weighted by atomic mass is 16.3. The first-order chi connectivity index (χ1) is 26.7. The Balaban J connectivity index is 1.39. The summed E-state index contributed by atoms with van der Waals surface area (Å²) in [6.45, 7) is 0. The van der Waals surface area contributed by atoms with E-state index in [4.69, 9.17) is 9.90 Å². The molecule has 1 heterocycles. The van der Waals surface area contributed by atoms with E-state index in [1.807, 2.05) is 115 Å². The number of hydrogen-bond acceptors (Lipinski definition) is 1. The van der Waals surface area contributed by atoms with Gasteiger partial charge in [0.15, 0.2) is 0 Å². The van der Waals surface area contributed by atoms with Crippen LogP contribution in [0, 0.1) is 0 Å². The van der Waals surface area contributed by atoms with E-state index in [1.165, 1.54) is 0 Å². The fraction of sp³-hybridized carbons (Fsp3) is 0. The van der Waals surface area contributed by atoms with Gasteiger partial charge in [0.05, 0.1) is 11.0 Å². The van der Waals surface area contributed by atoms with Crippen LogP contribution in [-0.4, -0.2) is 0 Å². The zero-order chi connectivity index (χ0) is 37.9. The van der Waals surface area contributed by atoms with Crippen LogP contribution in [0.2, 0.25) is 0 Å². The molecule has 0 spiro atoms. The molecule has 0 saturated heterocycles. The van der Waals surface area contributed by atoms with Crippen LogP contribution < -0.4 is 0 Å². The summed E-state index contributed by atoms with van der Waals surface area (Å²) in [6, 6.07) is 36.2. The molecule has 1 aromatic heterocycles. The van der Waals surface area contributed by atoms with E-state index in [-0.39, 0.29) is 45.7 Å². The van der Waals surface area contributed by atoms with Crippen molar-refractivity contribution in [3.63, 3.8) is 0 Å². The Morgan fingerprint density at radius 3 is 1.57 bits per heavy atom. The van der Waals surface area contributed by atoms with Crippen LogP contribution in [0.5, 0.6) is 0 Å². The van der Waals surface area contributed by atoms with Crippen molar-refractivity contribution in [2.24, 2.45) is 0 Å². The molecule has 10 aromatic rings. The van der Waals surface area contributed by atoms with Gasteiger partial charge in [-0.25, -0.2) is 0 Å². The third kappa shape index (κ3) is 3.90. The molecular weight excluding hydrogens is 569 g/mol. The van der Waals surface area contributed by atoms with Crippen molar-refractivity contribution in [1.29, 1.82) is 0 Å². The van der Waals surface area contributed by atoms with Gasteiger partial charge in [0.1, 0.15) is 11.2 Å². The minimum atomic E-state index is -0.427. The van der Waals surface area contributed by atoms with Crippen molar-refractivity contribution in [3.8, 4) is 33.4 Å². The van der Waals surface area contributed by atoms with E-state index in [1.54, 1.807) is 0 Å². The summed E-state index contributed by atoms with van der Waals surface area (Å²) in [5.74, 6) is 0. The Hall–Kier alpha value is -6.18. The molecule has 1 nitrogen and oxygen atoms in total. The van der Waals surface area contributed by atoms with Crippen molar-refractivity contribution < 1.29 is 15.4 Å². The van der Waals surface area contributed by atoms with E-state index < -0.39 is 24.2 Å². The van der Waals surface area contributed by atoms with Crippen molar-refractivity contribution in [2.75, 3.05) is 0 Å². The van der Waals surface area contributed by atoms with Gasteiger partial charge in [0.25, 0.3) is 0 Å². The Bertz CT molecular complexity index is 3220. The SMILES string of the molecule is [2H]c1c([2H])c([2H])c2c(-c3ccc(-c4ccc5oc6ccccc6c5c4)c4ccccc34)c3c([2H])c([2H])c([2H])c([2H])c3c(-c3cccc4ccccc34)c2c1[2H]. The largest absolute Gasteiger partial charge is 0.456 e. The topological polar surface area (TPSA) is 13.1 Å². The van der Waals surface area contributed by atoms with Crippen LogP contribution in [0.15, 0.2) is 174 Å². The van der Waals surface area contributed by atoms with Crippen molar-refractivity contribution in [2.45, 2.75) is 0 Å². The van der Waals surface area contributed by atoms with E-state index >= 15 is 0 Å². The predicted octanol–water partition coefficient (Wildman–Crippen LogP) is 13.2. The Morgan fingerprint density at radius 2 is 0.872 bits per heavy atom. The molecule has 0 saturated carbocycles. The Kier molecular flexibility index (Phi) is 4.19. The summed E-state index contributed by atoms with van der Waals surface area (Å²) in [6.07, 6.45) is 0. The number of benzene rings is 9. The second-order valence-corrected chi connectivity index (χ2v) is 11.8. The lowest BCUT2D eigenvalue weighted by Crippen LogP contribution is -1.93. The normalized spacial score (nSPS) is 14.2. The molecule has 10 rings (SSSR count). The average molecular weight is 605 g/mol. The molecule has 0 radical (unpaired) electrons. The quantitative estimate of drug-likeness (QED) is 0.183. The molecule has 9 aromatic carbocycles. The van der Waals surface area contributed by atoms with Gasteiger partial charge in [-0.3, -0.25) is 0 Å². The molecule has 0 aliphatic rings.